The van der Waals surface area contributed by atoms with Crippen molar-refractivity contribution in [3.63, 3.8) is 0 Å². The van der Waals surface area contributed by atoms with Crippen LogP contribution in [0.2, 0.25) is 0 Å². The Kier molecular flexibility index (Phi) is 2.49. The molecule has 0 unspecified atom stereocenters. The quantitative estimate of drug-likeness (QED) is 0.642. The predicted octanol–water partition coefficient (Wildman–Crippen LogP) is 1.38. The average Bonchev–Trinajstić information content (AvgIpc) is 2.15. The second kappa shape index (κ2) is 3.81. The normalized spacial score (nSPS) is 15.7. The van der Waals surface area contributed by atoms with Crippen LogP contribution in [0.25, 0.3) is 0 Å². The third-order valence-electron chi connectivity index (χ3n) is 2.68. The van der Waals surface area contributed by atoms with Crippen LogP contribution in [0.3, 0.4) is 0 Å². The highest BCUT2D eigenvalue weighted by Gasteiger charge is 2.20. The van der Waals surface area contributed by atoms with E-state index in [0.29, 0.717) is 5.56 Å². The van der Waals surface area contributed by atoms with Gasteiger partial charge >= 0.3 is 0 Å². The molecule has 0 aromatic heterocycles. The summed E-state index contributed by atoms with van der Waals surface area (Å²) < 4.78 is 0. The van der Waals surface area contributed by atoms with E-state index < -0.39 is 0 Å². The standard InChI is InChI=1S/C11H13NO3/c13-9-5-4-7(6-10(9)14)11(15)12-8-2-1-3-8/h4-6,8,13-14H,1-3H2,(H,12,15). The second-order valence-electron chi connectivity index (χ2n) is 3.80. The minimum Gasteiger partial charge on any atom is -0.504 e. The van der Waals surface area contributed by atoms with Crippen molar-refractivity contribution in [2.75, 3.05) is 0 Å². The Balaban J connectivity index is 2.07. The molecular formula is C11H13NO3. The van der Waals surface area contributed by atoms with Crippen LogP contribution in [-0.4, -0.2) is 22.2 Å². The summed E-state index contributed by atoms with van der Waals surface area (Å²) in [5, 5.41) is 21.2. The van der Waals surface area contributed by atoms with Gasteiger partial charge in [0.1, 0.15) is 0 Å². The summed E-state index contributed by atoms with van der Waals surface area (Å²) in [4.78, 5) is 11.6. The first-order valence-corrected chi connectivity index (χ1v) is 4.99. The Morgan fingerprint density at radius 1 is 1.27 bits per heavy atom. The molecule has 1 aromatic rings. The number of nitrogens with one attached hydrogen (secondary N) is 1. The lowest BCUT2D eigenvalue weighted by Crippen LogP contribution is -2.39. The molecule has 0 radical (unpaired) electrons. The third kappa shape index (κ3) is 2.03. The van der Waals surface area contributed by atoms with Crippen molar-refractivity contribution in [1.29, 1.82) is 0 Å². The van der Waals surface area contributed by atoms with Crippen molar-refractivity contribution in [2.45, 2.75) is 25.3 Å². The number of aromatic hydroxyl groups is 2. The predicted molar refractivity (Wildman–Crippen MR) is 54.9 cm³/mol. The molecule has 0 atom stereocenters. The van der Waals surface area contributed by atoms with E-state index in [1.165, 1.54) is 18.2 Å². The fraction of sp³-hybridized carbons (Fsp3) is 0.364. The van der Waals surface area contributed by atoms with Gasteiger partial charge in [-0.1, -0.05) is 0 Å². The van der Waals surface area contributed by atoms with Gasteiger partial charge in [-0.2, -0.15) is 0 Å². The number of carbonyl (C=O) groups is 1. The van der Waals surface area contributed by atoms with Crippen molar-refractivity contribution in [2.24, 2.45) is 0 Å². The van der Waals surface area contributed by atoms with Crippen LogP contribution in [0.4, 0.5) is 0 Å². The van der Waals surface area contributed by atoms with Crippen LogP contribution in [0.1, 0.15) is 29.6 Å². The lowest BCUT2D eigenvalue weighted by Gasteiger charge is -2.26. The molecule has 0 heterocycles. The van der Waals surface area contributed by atoms with Crippen molar-refractivity contribution >= 4 is 5.91 Å². The van der Waals surface area contributed by atoms with E-state index in [1.54, 1.807) is 0 Å². The van der Waals surface area contributed by atoms with Gasteiger partial charge in [-0.25, -0.2) is 0 Å². The zero-order valence-electron chi connectivity index (χ0n) is 8.23. The maximum Gasteiger partial charge on any atom is 0.251 e. The van der Waals surface area contributed by atoms with Crippen LogP contribution in [0.5, 0.6) is 11.5 Å². The molecule has 0 spiro atoms. The van der Waals surface area contributed by atoms with Crippen LogP contribution < -0.4 is 5.32 Å². The van der Waals surface area contributed by atoms with E-state index in [4.69, 9.17) is 5.11 Å². The number of hydrogen-bond acceptors (Lipinski definition) is 3. The van der Waals surface area contributed by atoms with Gasteiger partial charge in [0.2, 0.25) is 0 Å². The SMILES string of the molecule is O=C(NC1CCC1)c1ccc(O)c(O)c1. The first kappa shape index (κ1) is 9.83. The summed E-state index contributed by atoms with van der Waals surface area (Å²) in [6.07, 6.45) is 3.21. The number of rotatable bonds is 2. The number of phenolic OH excluding ortho intramolecular Hbond substituents is 2. The van der Waals surface area contributed by atoms with Crippen molar-refractivity contribution in [3.8, 4) is 11.5 Å². The fourth-order valence-corrected chi connectivity index (χ4v) is 1.49. The number of carbonyl (C=O) groups excluding carboxylic acids is 1. The molecule has 1 aromatic carbocycles. The number of benzene rings is 1. The van der Waals surface area contributed by atoms with Gasteiger partial charge in [0, 0.05) is 11.6 Å². The highest BCUT2D eigenvalue weighted by molar-refractivity contribution is 5.95. The first-order valence-electron chi connectivity index (χ1n) is 4.99. The highest BCUT2D eigenvalue weighted by Crippen LogP contribution is 2.25. The number of amides is 1. The van der Waals surface area contributed by atoms with E-state index in [2.05, 4.69) is 5.32 Å². The third-order valence-corrected chi connectivity index (χ3v) is 2.68. The topological polar surface area (TPSA) is 69.6 Å². The molecule has 4 heteroatoms. The second-order valence-corrected chi connectivity index (χ2v) is 3.80. The minimum absolute atomic E-state index is 0.199. The maximum absolute atomic E-state index is 11.6. The number of hydrogen-bond donors (Lipinski definition) is 3. The number of phenols is 2. The van der Waals surface area contributed by atoms with E-state index >= 15 is 0 Å². The Morgan fingerprint density at radius 2 is 2.00 bits per heavy atom. The molecule has 0 bridgehead atoms. The van der Waals surface area contributed by atoms with Gasteiger partial charge in [0.15, 0.2) is 11.5 Å². The Hall–Kier alpha value is -1.71. The summed E-state index contributed by atoms with van der Waals surface area (Å²) in [6.45, 7) is 0. The molecule has 80 valence electrons. The molecule has 3 N–H and O–H groups in total. The minimum atomic E-state index is -0.267. The molecule has 2 rings (SSSR count). The summed E-state index contributed by atoms with van der Waals surface area (Å²) in [7, 11) is 0. The molecule has 4 nitrogen and oxygen atoms in total. The maximum atomic E-state index is 11.6. The molecular weight excluding hydrogens is 194 g/mol. The average molecular weight is 207 g/mol. The zero-order chi connectivity index (χ0) is 10.8. The van der Waals surface area contributed by atoms with E-state index in [9.17, 15) is 9.90 Å². The molecule has 0 aliphatic heterocycles. The molecule has 15 heavy (non-hydrogen) atoms. The summed E-state index contributed by atoms with van der Waals surface area (Å²) in [5.74, 6) is -0.679. The highest BCUT2D eigenvalue weighted by atomic mass is 16.3. The van der Waals surface area contributed by atoms with Crippen molar-refractivity contribution in [1.82, 2.24) is 5.32 Å². The molecule has 1 aliphatic rings. The fourth-order valence-electron chi connectivity index (χ4n) is 1.49. The summed E-state index contributed by atoms with van der Waals surface area (Å²) >= 11 is 0. The van der Waals surface area contributed by atoms with Crippen LogP contribution in [0, 0.1) is 0 Å². The van der Waals surface area contributed by atoms with E-state index in [-0.39, 0.29) is 23.4 Å². The van der Waals surface area contributed by atoms with Gasteiger partial charge in [-0.3, -0.25) is 4.79 Å². The van der Waals surface area contributed by atoms with Gasteiger partial charge in [0.25, 0.3) is 5.91 Å². The van der Waals surface area contributed by atoms with Crippen LogP contribution in [0.15, 0.2) is 18.2 Å². The van der Waals surface area contributed by atoms with Crippen LogP contribution >= 0.6 is 0 Å². The molecule has 0 saturated heterocycles. The lowest BCUT2D eigenvalue weighted by atomic mass is 9.93. The molecule has 1 amide bonds. The van der Waals surface area contributed by atoms with E-state index in [0.717, 1.165) is 19.3 Å². The van der Waals surface area contributed by atoms with Gasteiger partial charge in [-0.15, -0.1) is 0 Å². The molecule has 1 aliphatic carbocycles. The van der Waals surface area contributed by atoms with Crippen molar-refractivity contribution < 1.29 is 15.0 Å². The van der Waals surface area contributed by atoms with Crippen molar-refractivity contribution in [3.05, 3.63) is 23.8 Å². The Bertz CT molecular complexity index is 385. The Morgan fingerprint density at radius 3 is 2.53 bits per heavy atom. The largest absolute Gasteiger partial charge is 0.504 e. The van der Waals surface area contributed by atoms with Gasteiger partial charge in [-0.05, 0) is 37.5 Å². The summed E-state index contributed by atoms with van der Waals surface area (Å²) in [6, 6.07) is 4.34. The lowest BCUT2D eigenvalue weighted by molar-refractivity contribution is 0.0916. The zero-order valence-corrected chi connectivity index (χ0v) is 8.23. The van der Waals surface area contributed by atoms with E-state index in [1.807, 2.05) is 0 Å². The first-order chi connectivity index (χ1) is 7.16. The van der Waals surface area contributed by atoms with Gasteiger partial charge < -0.3 is 15.5 Å². The van der Waals surface area contributed by atoms with Crippen LogP contribution in [-0.2, 0) is 0 Å². The Labute approximate surface area is 87.6 Å². The summed E-state index contributed by atoms with van der Waals surface area (Å²) in [5.41, 5.74) is 0.372. The molecule has 1 saturated carbocycles. The van der Waals surface area contributed by atoms with Gasteiger partial charge in [0.05, 0.1) is 0 Å². The smallest absolute Gasteiger partial charge is 0.251 e. The molecule has 1 fully saturated rings. The monoisotopic (exact) mass is 207 g/mol.